The monoisotopic (exact) mass is 297 g/mol. The first kappa shape index (κ1) is 12.0. The molecule has 1 aliphatic heterocycles. The van der Waals surface area contributed by atoms with E-state index in [1.54, 1.807) is 24.2 Å². The Hall–Kier alpha value is -1.43. The van der Waals surface area contributed by atoms with E-state index in [1.807, 2.05) is 12.1 Å². The molecule has 0 fully saturated rings. The Bertz CT molecular complexity index is 436. The maximum Gasteiger partial charge on any atom is 0.331 e. The van der Waals surface area contributed by atoms with E-state index < -0.39 is 6.04 Å². The fourth-order valence-electron chi connectivity index (χ4n) is 1.60. The predicted octanol–water partition coefficient (Wildman–Crippen LogP) is 1.93. The van der Waals surface area contributed by atoms with Gasteiger partial charge in [0.05, 0.1) is 6.61 Å². The number of aromatic nitrogens is 1. The molecule has 5 nitrogen and oxygen atoms in total. The first-order chi connectivity index (χ1) is 8.22. The maximum absolute atomic E-state index is 11.8. The van der Waals surface area contributed by atoms with Gasteiger partial charge in [-0.25, -0.2) is 14.8 Å². The van der Waals surface area contributed by atoms with Crippen molar-refractivity contribution in [1.82, 2.24) is 4.98 Å². The number of carbonyl (C=O) groups is 1. The highest BCUT2D eigenvalue weighted by Gasteiger charge is 2.34. The third kappa shape index (κ3) is 2.63. The normalized spacial score (nSPS) is 19.1. The summed E-state index contributed by atoms with van der Waals surface area (Å²) in [5.74, 6) is 0.358. The summed E-state index contributed by atoms with van der Waals surface area (Å²) in [6.45, 7) is 2.15. The third-order valence-electron chi connectivity index (χ3n) is 2.32. The molecule has 1 aromatic rings. The van der Waals surface area contributed by atoms with E-state index in [0.717, 1.165) is 4.62 Å². The van der Waals surface area contributed by atoms with Crippen LogP contribution in [0.3, 0.4) is 0 Å². The van der Waals surface area contributed by atoms with Crippen molar-refractivity contribution in [2.75, 3.05) is 11.6 Å². The Morgan fingerprint density at radius 2 is 2.47 bits per heavy atom. The van der Waals surface area contributed by atoms with Gasteiger partial charge in [-0.1, -0.05) is 6.07 Å². The van der Waals surface area contributed by atoms with E-state index in [4.69, 9.17) is 4.74 Å². The molecule has 0 N–H and O–H groups in total. The van der Waals surface area contributed by atoms with E-state index in [-0.39, 0.29) is 5.97 Å². The van der Waals surface area contributed by atoms with Crippen LogP contribution in [0.5, 0.6) is 0 Å². The average molecular weight is 298 g/mol. The maximum atomic E-state index is 11.8. The van der Waals surface area contributed by atoms with Gasteiger partial charge < -0.3 is 4.74 Å². The number of carbonyl (C=O) groups excluding carboxylic acids is 1. The van der Waals surface area contributed by atoms with Crippen molar-refractivity contribution in [2.45, 2.75) is 19.4 Å². The first-order valence-corrected chi connectivity index (χ1v) is 6.11. The van der Waals surface area contributed by atoms with Crippen LogP contribution >= 0.6 is 15.9 Å². The van der Waals surface area contributed by atoms with E-state index >= 15 is 0 Å². The molecular formula is C11H12BrN3O2. The van der Waals surface area contributed by atoms with Crippen LogP contribution in [-0.2, 0) is 9.53 Å². The molecule has 0 aromatic carbocycles. The summed E-state index contributed by atoms with van der Waals surface area (Å²) < 4.78 is 5.75. The smallest absolute Gasteiger partial charge is 0.331 e. The van der Waals surface area contributed by atoms with E-state index in [9.17, 15) is 4.79 Å². The van der Waals surface area contributed by atoms with Gasteiger partial charge in [-0.2, -0.15) is 5.10 Å². The molecule has 0 radical (unpaired) electrons. The number of hydrazone groups is 1. The van der Waals surface area contributed by atoms with Gasteiger partial charge in [0.25, 0.3) is 0 Å². The van der Waals surface area contributed by atoms with Gasteiger partial charge in [0.1, 0.15) is 10.4 Å². The van der Waals surface area contributed by atoms with Crippen molar-refractivity contribution in [3.8, 4) is 0 Å². The van der Waals surface area contributed by atoms with Crippen molar-refractivity contribution >= 4 is 32.3 Å². The van der Waals surface area contributed by atoms with Crippen molar-refractivity contribution in [1.29, 1.82) is 0 Å². The molecular weight excluding hydrogens is 286 g/mol. The van der Waals surface area contributed by atoms with Crippen LogP contribution in [0, 0.1) is 0 Å². The zero-order valence-electron chi connectivity index (χ0n) is 9.34. The molecule has 1 atom stereocenters. The fraction of sp³-hybridized carbons (Fsp3) is 0.364. The summed E-state index contributed by atoms with van der Waals surface area (Å²) in [7, 11) is 0. The third-order valence-corrected chi connectivity index (χ3v) is 2.80. The summed E-state index contributed by atoms with van der Waals surface area (Å²) in [4.78, 5) is 16.0. The largest absolute Gasteiger partial charge is 0.464 e. The molecule has 0 amide bonds. The molecule has 90 valence electrons. The summed E-state index contributed by atoms with van der Waals surface area (Å²) in [5, 5.41) is 5.83. The van der Waals surface area contributed by atoms with Gasteiger partial charge >= 0.3 is 5.97 Å². The molecule has 17 heavy (non-hydrogen) atoms. The Balaban J connectivity index is 2.21. The van der Waals surface area contributed by atoms with Gasteiger partial charge in [-0.05, 0) is 35.0 Å². The zero-order valence-corrected chi connectivity index (χ0v) is 10.9. The number of hydrogen-bond donors (Lipinski definition) is 0. The number of halogens is 1. The van der Waals surface area contributed by atoms with Crippen LogP contribution in [0.1, 0.15) is 13.3 Å². The Labute approximate surface area is 108 Å². The van der Waals surface area contributed by atoms with Gasteiger partial charge in [-0.15, -0.1) is 0 Å². The lowest BCUT2D eigenvalue weighted by Gasteiger charge is -2.20. The van der Waals surface area contributed by atoms with Gasteiger partial charge in [0, 0.05) is 12.6 Å². The number of anilines is 1. The average Bonchev–Trinajstić information content (AvgIpc) is 2.73. The minimum atomic E-state index is -0.431. The quantitative estimate of drug-likeness (QED) is 0.800. The van der Waals surface area contributed by atoms with E-state index in [1.165, 1.54) is 0 Å². The van der Waals surface area contributed by atoms with Gasteiger partial charge in [-0.3, -0.25) is 0 Å². The number of hydrogen-bond acceptors (Lipinski definition) is 5. The highest BCUT2D eigenvalue weighted by atomic mass is 79.9. The predicted molar refractivity (Wildman–Crippen MR) is 68.1 cm³/mol. The van der Waals surface area contributed by atoms with Crippen LogP contribution in [0.4, 0.5) is 5.82 Å². The highest BCUT2D eigenvalue weighted by molar-refractivity contribution is 9.18. The van der Waals surface area contributed by atoms with Crippen LogP contribution in [0.15, 0.2) is 29.5 Å². The number of ether oxygens (including phenoxy) is 1. The highest BCUT2D eigenvalue weighted by Crippen LogP contribution is 2.25. The van der Waals surface area contributed by atoms with Crippen molar-refractivity contribution < 1.29 is 9.53 Å². The van der Waals surface area contributed by atoms with E-state index in [2.05, 4.69) is 26.0 Å². The molecule has 0 spiro atoms. The molecule has 0 aliphatic carbocycles. The van der Waals surface area contributed by atoms with Crippen molar-refractivity contribution in [2.24, 2.45) is 5.10 Å². The first-order valence-electron chi connectivity index (χ1n) is 5.32. The lowest BCUT2D eigenvalue weighted by atomic mass is 10.2. The second-order valence-corrected chi connectivity index (χ2v) is 4.40. The molecule has 0 saturated heterocycles. The van der Waals surface area contributed by atoms with E-state index in [0.29, 0.717) is 18.8 Å². The van der Waals surface area contributed by atoms with Crippen LogP contribution in [0.25, 0.3) is 0 Å². The Morgan fingerprint density at radius 3 is 3.12 bits per heavy atom. The second kappa shape index (κ2) is 5.27. The molecule has 1 unspecified atom stereocenters. The number of pyridine rings is 1. The molecule has 1 aliphatic rings. The summed E-state index contributed by atoms with van der Waals surface area (Å²) >= 11 is 3.31. The minimum Gasteiger partial charge on any atom is -0.464 e. The SMILES string of the molecule is CCOC(=O)C1CC(Br)=NN1c1ccccn1. The summed E-state index contributed by atoms with van der Waals surface area (Å²) in [6, 6.07) is 5.05. The van der Waals surface area contributed by atoms with Gasteiger partial charge in [0.2, 0.25) is 0 Å². The number of esters is 1. The molecule has 1 aromatic heterocycles. The molecule has 2 rings (SSSR count). The molecule has 2 heterocycles. The summed E-state index contributed by atoms with van der Waals surface area (Å²) in [6.07, 6.45) is 2.18. The molecule has 0 bridgehead atoms. The van der Waals surface area contributed by atoms with Crippen LogP contribution in [-0.4, -0.2) is 28.2 Å². The van der Waals surface area contributed by atoms with Crippen molar-refractivity contribution in [3.05, 3.63) is 24.4 Å². The summed E-state index contributed by atoms with van der Waals surface area (Å²) in [5.41, 5.74) is 0. The Kier molecular flexibility index (Phi) is 3.73. The fourth-order valence-corrected chi connectivity index (χ4v) is 2.07. The zero-order chi connectivity index (χ0) is 12.3. The Morgan fingerprint density at radius 1 is 1.65 bits per heavy atom. The number of nitrogens with zero attached hydrogens (tertiary/aromatic N) is 3. The van der Waals surface area contributed by atoms with Crippen LogP contribution in [0.2, 0.25) is 0 Å². The second-order valence-electron chi connectivity index (χ2n) is 3.48. The van der Waals surface area contributed by atoms with Crippen molar-refractivity contribution in [3.63, 3.8) is 0 Å². The lowest BCUT2D eigenvalue weighted by molar-refractivity contribution is -0.144. The number of rotatable bonds is 3. The standard InChI is InChI=1S/C11H12BrN3O2/c1-2-17-11(16)8-7-9(12)14-15(8)10-5-3-4-6-13-10/h3-6,8H,2,7H2,1H3. The molecule has 6 heteroatoms. The molecule has 0 saturated carbocycles. The minimum absolute atomic E-state index is 0.281. The van der Waals surface area contributed by atoms with Gasteiger partial charge in [0.15, 0.2) is 6.04 Å². The lowest BCUT2D eigenvalue weighted by Crippen LogP contribution is -2.36. The van der Waals surface area contributed by atoms with Crippen LogP contribution < -0.4 is 5.01 Å². The topological polar surface area (TPSA) is 54.8 Å².